The average molecular weight is 485 g/mol. The summed E-state index contributed by atoms with van der Waals surface area (Å²) in [6.45, 7) is 1.05. The Kier molecular flexibility index (Phi) is 7.21. The maximum Gasteiger partial charge on any atom is 0.491 e. The van der Waals surface area contributed by atoms with Gasteiger partial charge in [-0.2, -0.15) is 33.6 Å². The summed E-state index contributed by atoms with van der Waals surface area (Å²) in [5.41, 5.74) is 3.51. The monoisotopic (exact) mass is 485 g/mol. The Morgan fingerprint density at radius 2 is 1.21 bits per heavy atom. The molecule has 174 valence electrons. The molecule has 1 heterocycles. The van der Waals surface area contributed by atoms with Gasteiger partial charge < -0.3 is 9.64 Å². The minimum Gasteiger partial charge on any atom is -0.420 e. The van der Waals surface area contributed by atoms with E-state index >= 15 is 0 Å². The van der Waals surface area contributed by atoms with E-state index < -0.39 is 12.1 Å². The van der Waals surface area contributed by atoms with E-state index in [1.54, 1.807) is 24.3 Å². The number of thioether (sulfide) groups is 1. The van der Waals surface area contributed by atoms with Crippen molar-refractivity contribution in [3.63, 3.8) is 0 Å². The molecule has 3 aromatic rings. The average Bonchev–Trinajstić information content (AvgIpc) is 3.38. The molecular weight excluding hydrogens is 467 g/mol. The highest BCUT2D eigenvalue weighted by Crippen LogP contribution is 2.28. The first-order valence-corrected chi connectivity index (χ1v) is 11.3. The smallest absolute Gasteiger partial charge is 0.420 e. The van der Waals surface area contributed by atoms with Crippen molar-refractivity contribution < 1.29 is 22.7 Å². The van der Waals surface area contributed by atoms with E-state index in [-0.39, 0.29) is 5.75 Å². The first-order valence-electron chi connectivity index (χ1n) is 10.1. The van der Waals surface area contributed by atoms with Crippen molar-refractivity contribution in [2.75, 3.05) is 23.1 Å². The third kappa shape index (κ3) is 6.41. The van der Waals surface area contributed by atoms with Crippen LogP contribution >= 0.6 is 11.8 Å². The van der Waals surface area contributed by atoms with Crippen LogP contribution in [0.1, 0.15) is 0 Å². The van der Waals surface area contributed by atoms with Crippen LogP contribution in [-0.4, -0.2) is 30.3 Å². The van der Waals surface area contributed by atoms with Crippen LogP contribution in [0, 0.1) is 0 Å². The highest BCUT2D eigenvalue weighted by molar-refractivity contribution is 7.99. The summed E-state index contributed by atoms with van der Waals surface area (Å²) >= 11 is 1.91. The number of azo groups is 2. The summed E-state index contributed by atoms with van der Waals surface area (Å²) in [6, 6.07) is 20.0. The van der Waals surface area contributed by atoms with Gasteiger partial charge in [0.05, 0.1) is 28.6 Å². The van der Waals surface area contributed by atoms with Gasteiger partial charge in [0.1, 0.15) is 5.75 Å². The maximum absolute atomic E-state index is 12.2. The molecule has 0 N–H and O–H groups in total. The van der Waals surface area contributed by atoms with Crippen LogP contribution in [0.3, 0.4) is 0 Å². The number of halogens is 3. The summed E-state index contributed by atoms with van der Waals surface area (Å²) in [6.07, 6.45) is -5.05. The summed E-state index contributed by atoms with van der Waals surface area (Å²) in [7, 11) is 0. The molecule has 0 spiro atoms. The lowest BCUT2D eigenvalue weighted by molar-refractivity contribution is -0.189. The van der Waals surface area contributed by atoms with Gasteiger partial charge in [0.15, 0.2) is 0 Å². The second kappa shape index (κ2) is 10.5. The van der Waals surface area contributed by atoms with E-state index in [2.05, 4.69) is 30.1 Å². The number of hydrogen-bond acceptors (Lipinski definition) is 8. The summed E-state index contributed by atoms with van der Waals surface area (Å²) in [5.74, 6) is -0.364. The van der Waals surface area contributed by atoms with Crippen molar-refractivity contribution in [2.45, 2.75) is 6.18 Å². The Morgan fingerprint density at radius 3 is 1.62 bits per heavy atom. The molecule has 0 amide bonds. The highest BCUT2D eigenvalue weighted by atomic mass is 32.2. The van der Waals surface area contributed by atoms with Gasteiger partial charge in [-0.25, -0.2) is 4.79 Å². The molecule has 1 aliphatic rings. The zero-order valence-electron chi connectivity index (χ0n) is 17.6. The Bertz CT molecular complexity index is 1180. The number of nitrogens with zero attached hydrogens (tertiary/aromatic N) is 5. The van der Waals surface area contributed by atoms with Crippen LogP contribution in [0.4, 0.5) is 41.6 Å². The Labute approximate surface area is 197 Å². The number of carbonyl (C=O) groups is 1. The van der Waals surface area contributed by atoms with Gasteiger partial charge in [-0.3, -0.25) is 0 Å². The van der Waals surface area contributed by atoms with Crippen molar-refractivity contribution in [2.24, 2.45) is 20.5 Å². The zero-order chi connectivity index (χ0) is 24.0. The quantitative estimate of drug-likeness (QED) is 0.206. The van der Waals surface area contributed by atoms with E-state index in [1.165, 1.54) is 30.0 Å². The lowest BCUT2D eigenvalue weighted by Gasteiger charge is -2.16. The summed E-state index contributed by atoms with van der Waals surface area (Å²) in [4.78, 5) is 13.2. The molecule has 1 fully saturated rings. The molecule has 3 aromatic carbocycles. The predicted molar refractivity (Wildman–Crippen MR) is 124 cm³/mol. The van der Waals surface area contributed by atoms with E-state index in [0.29, 0.717) is 17.1 Å². The summed E-state index contributed by atoms with van der Waals surface area (Å²) < 4.78 is 40.9. The fraction of sp³-hybridized carbons (Fsp3) is 0.174. The molecule has 0 bridgehead atoms. The van der Waals surface area contributed by atoms with E-state index in [1.807, 2.05) is 36.0 Å². The second-order valence-electron chi connectivity index (χ2n) is 7.11. The minimum atomic E-state index is -5.05. The number of hydrogen-bond donors (Lipinski definition) is 0. The highest BCUT2D eigenvalue weighted by Gasteiger charge is 2.41. The normalized spacial score (nSPS) is 14.3. The largest absolute Gasteiger partial charge is 0.491 e. The van der Waals surface area contributed by atoms with E-state index in [0.717, 1.165) is 23.9 Å². The van der Waals surface area contributed by atoms with Crippen molar-refractivity contribution in [3.05, 3.63) is 72.8 Å². The van der Waals surface area contributed by atoms with Crippen LogP contribution in [0.15, 0.2) is 93.3 Å². The lowest BCUT2D eigenvalue weighted by atomic mass is 10.2. The molecule has 1 aliphatic heterocycles. The molecule has 11 heteroatoms. The number of alkyl halides is 3. The van der Waals surface area contributed by atoms with Gasteiger partial charge in [0, 0.05) is 18.0 Å². The molecule has 0 atom stereocenters. The standard InChI is InChI=1S/C23H18F3N5O2S/c24-23(25,26)22(32)33-21-11-7-19(8-12-21)30-28-17-3-1-16(2-4-17)27-29-18-5-9-20(10-6-18)31-13-14-34-15-31/h1-12H,13-15H2. The third-order valence-electron chi connectivity index (χ3n) is 4.66. The fourth-order valence-electron chi connectivity index (χ4n) is 2.91. The first-order chi connectivity index (χ1) is 16.4. The van der Waals surface area contributed by atoms with Gasteiger partial charge in [-0.05, 0) is 72.8 Å². The fourth-order valence-corrected chi connectivity index (χ4v) is 3.89. The Balaban J connectivity index is 1.32. The number of rotatable bonds is 6. The van der Waals surface area contributed by atoms with Gasteiger partial charge in [0.25, 0.3) is 0 Å². The van der Waals surface area contributed by atoms with Crippen LogP contribution in [0.2, 0.25) is 0 Å². The van der Waals surface area contributed by atoms with Crippen LogP contribution in [0.25, 0.3) is 0 Å². The second-order valence-corrected chi connectivity index (χ2v) is 8.19. The SMILES string of the molecule is O=C(Oc1ccc(N=Nc2ccc(N=Nc3ccc(N4CCSC4)cc3)cc2)cc1)C(F)(F)F. The van der Waals surface area contributed by atoms with Crippen molar-refractivity contribution in [1.29, 1.82) is 0 Å². The van der Waals surface area contributed by atoms with Crippen molar-refractivity contribution in [1.82, 2.24) is 0 Å². The number of ether oxygens (including phenoxy) is 1. The van der Waals surface area contributed by atoms with Gasteiger partial charge in [-0.15, -0.1) is 11.8 Å². The van der Waals surface area contributed by atoms with Gasteiger partial charge >= 0.3 is 12.1 Å². The zero-order valence-corrected chi connectivity index (χ0v) is 18.5. The van der Waals surface area contributed by atoms with Gasteiger partial charge in [0.2, 0.25) is 0 Å². The molecule has 0 aromatic heterocycles. The Morgan fingerprint density at radius 1 is 0.765 bits per heavy atom. The molecule has 1 saturated heterocycles. The molecule has 7 nitrogen and oxygen atoms in total. The topological polar surface area (TPSA) is 79.0 Å². The minimum absolute atomic E-state index is 0.235. The number of carbonyl (C=O) groups excluding carboxylic acids is 1. The van der Waals surface area contributed by atoms with Gasteiger partial charge in [-0.1, -0.05) is 0 Å². The van der Waals surface area contributed by atoms with E-state index in [9.17, 15) is 18.0 Å². The molecule has 0 unspecified atom stereocenters. The molecule has 34 heavy (non-hydrogen) atoms. The van der Waals surface area contributed by atoms with E-state index in [4.69, 9.17) is 0 Å². The predicted octanol–water partition coefficient (Wildman–Crippen LogP) is 7.50. The molecule has 0 aliphatic carbocycles. The molecule has 0 saturated carbocycles. The van der Waals surface area contributed by atoms with Crippen LogP contribution < -0.4 is 9.64 Å². The first kappa shape index (κ1) is 23.4. The maximum atomic E-state index is 12.2. The molecule has 0 radical (unpaired) electrons. The van der Waals surface area contributed by atoms with Crippen molar-refractivity contribution >= 4 is 46.2 Å². The third-order valence-corrected chi connectivity index (χ3v) is 5.62. The van der Waals surface area contributed by atoms with Crippen LogP contribution in [0.5, 0.6) is 5.75 Å². The lowest BCUT2D eigenvalue weighted by Crippen LogP contribution is -2.27. The van der Waals surface area contributed by atoms with Crippen molar-refractivity contribution in [3.8, 4) is 5.75 Å². The number of benzene rings is 3. The summed E-state index contributed by atoms with van der Waals surface area (Å²) in [5, 5.41) is 16.6. The molecular formula is C23H18F3N5O2S. The van der Waals surface area contributed by atoms with Crippen LogP contribution in [-0.2, 0) is 4.79 Å². The number of esters is 1. The molecule has 4 rings (SSSR count). The Hall–Kier alpha value is -3.73. The number of anilines is 1.